The molecular weight excluding hydrogens is 275 g/mol. The molecule has 110 valence electrons. The maximum atomic E-state index is 13.4. The van der Waals surface area contributed by atoms with Gasteiger partial charge in [0, 0.05) is 18.7 Å². The molecule has 0 N–H and O–H groups in total. The highest BCUT2D eigenvalue weighted by Crippen LogP contribution is 2.33. The first kappa shape index (κ1) is 14.1. The molecule has 0 saturated carbocycles. The second-order valence-corrected chi connectivity index (χ2v) is 5.46. The lowest BCUT2D eigenvalue weighted by Crippen LogP contribution is -2.23. The van der Waals surface area contributed by atoms with E-state index < -0.39 is 11.6 Å². The quantitative estimate of drug-likeness (QED) is 0.808. The maximum Gasteiger partial charge on any atom is 0.126 e. The SMILES string of the molecule is Fc1cc(F)cc(CN2CCC[C@H]2c2cccc(F)c2)c1. The van der Waals surface area contributed by atoms with Crippen molar-refractivity contribution in [1.82, 2.24) is 4.90 Å². The van der Waals surface area contributed by atoms with Crippen LogP contribution in [0, 0.1) is 17.5 Å². The maximum absolute atomic E-state index is 13.4. The summed E-state index contributed by atoms with van der Waals surface area (Å²) in [5.74, 6) is -1.38. The lowest BCUT2D eigenvalue weighted by atomic mass is 10.0. The van der Waals surface area contributed by atoms with Crippen LogP contribution in [0.4, 0.5) is 13.2 Å². The fraction of sp³-hybridized carbons (Fsp3) is 0.294. The Morgan fingerprint density at radius 3 is 2.43 bits per heavy atom. The summed E-state index contributed by atoms with van der Waals surface area (Å²) in [5, 5.41) is 0. The van der Waals surface area contributed by atoms with E-state index in [1.165, 1.54) is 24.3 Å². The number of likely N-dealkylation sites (tertiary alicyclic amines) is 1. The van der Waals surface area contributed by atoms with Gasteiger partial charge in [-0.25, -0.2) is 13.2 Å². The molecule has 1 saturated heterocycles. The molecule has 2 aromatic rings. The van der Waals surface area contributed by atoms with Crippen LogP contribution in [0.5, 0.6) is 0 Å². The van der Waals surface area contributed by atoms with Crippen molar-refractivity contribution < 1.29 is 13.2 Å². The minimum atomic E-state index is -0.563. The molecule has 1 aliphatic heterocycles. The number of benzene rings is 2. The average molecular weight is 291 g/mol. The van der Waals surface area contributed by atoms with E-state index in [1.807, 2.05) is 6.07 Å². The van der Waals surface area contributed by atoms with Crippen molar-refractivity contribution in [3.63, 3.8) is 0 Å². The number of hydrogen-bond acceptors (Lipinski definition) is 1. The predicted molar refractivity (Wildman–Crippen MR) is 75.1 cm³/mol. The third-order valence-corrected chi connectivity index (χ3v) is 3.91. The number of hydrogen-bond donors (Lipinski definition) is 0. The molecule has 2 aromatic carbocycles. The fourth-order valence-corrected chi connectivity index (χ4v) is 3.04. The van der Waals surface area contributed by atoms with Crippen LogP contribution in [-0.2, 0) is 6.54 Å². The molecular formula is C17H16F3N. The van der Waals surface area contributed by atoms with E-state index in [0.717, 1.165) is 31.0 Å². The minimum absolute atomic E-state index is 0.104. The molecule has 3 rings (SSSR count). The highest BCUT2D eigenvalue weighted by molar-refractivity contribution is 5.23. The van der Waals surface area contributed by atoms with Crippen LogP contribution in [0.25, 0.3) is 0 Å². The summed E-state index contributed by atoms with van der Waals surface area (Å²) in [4.78, 5) is 2.14. The van der Waals surface area contributed by atoms with Crippen molar-refractivity contribution in [2.45, 2.75) is 25.4 Å². The fourth-order valence-electron chi connectivity index (χ4n) is 3.04. The van der Waals surface area contributed by atoms with Crippen LogP contribution in [0.2, 0.25) is 0 Å². The molecule has 0 aromatic heterocycles. The van der Waals surface area contributed by atoms with Gasteiger partial charge in [-0.05, 0) is 54.8 Å². The Balaban J connectivity index is 1.81. The molecule has 1 heterocycles. The zero-order valence-electron chi connectivity index (χ0n) is 11.5. The van der Waals surface area contributed by atoms with Crippen molar-refractivity contribution in [3.05, 3.63) is 71.0 Å². The van der Waals surface area contributed by atoms with E-state index in [4.69, 9.17) is 0 Å². The van der Waals surface area contributed by atoms with Gasteiger partial charge in [0.05, 0.1) is 0 Å². The Kier molecular flexibility index (Phi) is 3.97. The highest BCUT2D eigenvalue weighted by atomic mass is 19.1. The van der Waals surface area contributed by atoms with Crippen molar-refractivity contribution in [3.8, 4) is 0 Å². The second kappa shape index (κ2) is 5.90. The van der Waals surface area contributed by atoms with Gasteiger partial charge >= 0.3 is 0 Å². The van der Waals surface area contributed by atoms with Crippen molar-refractivity contribution >= 4 is 0 Å². The van der Waals surface area contributed by atoms with Gasteiger partial charge in [-0.1, -0.05) is 12.1 Å². The van der Waals surface area contributed by atoms with Gasteiger partial charge in [0.2, 0.25) is 0 Å². The lowest BCUT2D eigenvalue weighted by molar-refractivity contribution is 0.247. The van der Waals surface area contributed by atoms with Crippen LogP contribution < -0.4 is 0 Å². The largest absolute Gasteiger partial charge is 0.292 e. The van der Waals surface area contributed by atoms with Gasteiger partial charge in [-0.3, -0.25) is 4.90 Å². The standard InChI is InChI=1S/C17H16F3N/c18-14-4-1-3-13(9-14)17-5-2-6-21(17)11-12-7-15(19)10-16(20)8-12/h1,3-4,7-10,17H,2,5-6,11H2/t17-/m0/s1. The first-order valence-electron chi connectivity index (χ1n) is 7.06. The minimum Gasteiger partial charge on any atom is -0.292 e. The lowest BCUT2D eigenvalue weighted by Gasteiger charge is -2.25. The monoisotopic (exact) mass is 291 g/mol. The number of halogens is 3. The van der Waals surface area contributed by atoms with Crippen molar-refractivity contribution in [2.24, 2.45) is 0 Å². The molecule has 0 bridgehead atoms. The Bertz CT molecular complexity index is 621. The zero-order valence-corrected chi connectivity index (χ0v) is 11.5. The smallest absolute Gasteiger partial charge is 0.126 e. The van der Waals surface area contributed by atoms with Gasteiger partial charge in [0.1, 0.15) is 17.5 Å². The van der Waals surface area contributed by atoms with E-state index in [-0.39, 0.29) is 11.9 Å². The van der Waals surface area contributed by atoms with Crippen molar-refractivity contribution in [2.75, 3.05) is 6.54 Å². The molecule has 0 amide bonds. The summed E-state index contributed by atoms with van der Waals surface area (Å²) in [7, 11) is 0. The van der Waals surface area contributed by atoms with Gasteiger partial charge in [0.25, 0.3) is 0 Å². The number of nitrogens with zero attached hydrogens (tertiary/aromatic N) is 1. The Morgan fingerprint density at radius 2 is 1.71 bits per heavy atom. The summed E-state index contributed by atoms with van der Waals surface area (Å²) in [6.45, 7) is 1.31. The summed E-state index contributed by atoms with van der Waals surface area (Å²) in [6.07, 6.45) is 1.93. The third kappa shape index (κ3) is 3.27. The van der Waals surface area contributed by atoms with E-state index in [0.29, 0.717) is 12.1 Å². The molecule has 0 aliphatic carbocycles. The van der Waals surface area contributed by atoms with Crippen molar-refractivity contribution in [1.29, 1.82) is 0 Å². The molecule has 0 spiro atoms. The van der Waals surface area contributed by atoms with Gasteiger partial charge in [-0.2, -0.15) is 0 Å². The second-order valence-electron chi connectivity index (χ2n) is 5.46. The summed E-state index contributed by atoms with van der Waals surface area (Å²) >= 11 is 0. The van der Waals surface area contributed by atoms with E-state index in [2.05, 4.69) is 4.90 Å². The van der Waals surface area contributed by atoms with Crippen LogP contribution in [0.1, 0.15) is 30.0 Å². The molecule has 1 atom stereocenters. The van der Waals surface area contributed by atoms with Crippen LogP contribution in [-0.4, -0.2) is 11.4 Å². The molecule has 0 unspecified atom stereocenters. The van der Waals surface area contributed by atoms with E-state index in [9.17, 15) is 13.2 Å². The topological polar surface area (TPSA) is 3.24 Å². The van der Waals surface area contributed by atoms with E-state index >= 15 is 0 Å². The molecule has 0 radical (unpaired) electrons. The molecule has 1 fully saturated rings. The summed E-state index contributed by atoms with van der Waals surface area (Å²) in [6, 6.07) is 10.2. The zero-order chi connectivity index (χ0) is 14.8. The Morgan fingerprint density at radius 1 is 0.952 bits per heavy atom. The van der Waals surface area contributed by atoms with Crippen LogP contribution in [0.3, 0.4) is 0 Å². The summed E-state index contributed by atoms with van der Waals surface area (Å²) < 4.78 is 39.9. The Labute approximate surface area is 122 Å². The first-order valence-corrected chi connectivity index (χ1v) is 7.06. The van der Waals surface area contributed by atoms with Crippen LogP contribution >= 0.6 is 0 Å². The normalized spacial score (nSPS) is 19.1. The van der Waals surface area contributed by atoms with Crippen LogP contribution in [0.15, 0.2) is 42.5 Å². The van der Waals surface area contributed by atoms with Gasteiger partial charge in [0.15, 0.2) is 0 Å². The molecule has 1 nitrogen and oxygen atoms in total. The van der Waals surface area contributed by atoms with E-state index in [1.54, 1.807) is 6.07 Å². The Hall–Kier alpha value is -1.81. The van der Waals surface area contributed by atoms with Gasteiger partial charge in [-0.15, -0.1) is 0 Å². The average Bonchev–Trinajstić information content (AvgIpc) is 2.85. The first-order chi connectivity index (χ1) is 10.1. The number of rotatable bonds is 3. The third-order valence-electron chi connectivity index (χ3n) is 3.91. The molecule has 4 heteroatoms. The highest BCUT2D eigenvalue weighted by Gasteiger charge is 2.26. The molecule has 21 heavy (non-hydrogen) atoms. The molecule has 1 aliphatic rings. The van der Waals surface area contributed by atoms with Gasteiger partial charge < -0.3 is 0 Å². The summed E-state index contributed by atoms with van der Waals surface area (Å²) in [5.41, 5.74) is 1.53. The predicted octanol–water partition coefficient (Wildman–Crippen LogP) is 4.44.